The molecule has 0 unspecified atom stereocenters. The van der Waals surface area contributed by atoms with E-state index in [0.717, 1.165) is 16.7 Å². The quantitative estimate of drug-likeness (QED) is 0.742. The van der Waals surface area contributed by atoms with Crippen molar-refractivity contribution >= 4 is 17.3 Å². The number of benzene rings is 2. The molecule has 0 amide bonds. The second-order valence-electron chi connectivity index (χ2n) is 3.70. The maximum Gasteiger partial charge on any atom is 0.125 e. The van der Waals surface area contributed by atoms with Crippen molar-refractivity contribution in [2.75, 3.05) is 5.73 Å². The summed E-state index contributed by atoms with van der Waals surface area (Å²) in [7, 11) is 0. The Morgan fingerprint density at radius 1 is 1.12 bits per heavy atom. The lowest BCUT2D eigenvalue weighted by Gasteiger charge is -2.07. The van der Waals surface area contributed by atoms with Crippen LogP contribution in [0, 0.1) is 12.7 Å². The SMILES string of the molecule is Cc1ccc(-c2ccc(F)cc2N)cc1Cl. The molecule has 0 heterocycles. The van der Waals surface area contributed by atoms with E-state index in [9.17, 15) is 4.39 Å². The van der Waals surface area contributed by atoms with Gasteiger partial charge in [0.05, 0.1) is 0 Å². The van der Waals surface area contributed by atoms with Gasteiger partial charge in [-0.15, -0.1) is 0 Å². The normalized spacial score (nSPS) is 10.4. The molecule has 2 N–H and O–H groups in total. The summed E-state index contributed by atoms with van der Waals surface area (Å²) >= 11 is 6.03. The smallest absolute Gasteiger partial charge is 0.125 e. The van der Waals surface area contributed by atoms with Crippen LogP contribution in [0.5, 0.6) is 0 Å². The highest BCUT2D eigenvalue weighted by Gasteiger charge is 2.05. The first kappa shape index (κ1) is 11.0. The van der Waals surface area contributed by atoms with Crippen LogP contribution in [-0.2, 0) is 0 Å². The van der Waals surface area contributed by atoms with Gasteiger partial charge in [0, 0.05) is 16.3 Å². The summed E-state index contributed by atoms with van der Waals surface area (Å²) in [5.41, 5.74) is 8.87. The largest absolute Gasteiger partial charge is 0.398 e. The number of anilines is 1. The molecule has 0 aromatic heterocycles. The first-order valence-corrected chi connectivity index (χ1v) is 5.27. The minimum atomic E-state index is -0.334. The monoisotopic (exact) mass is 235 g/mol. The molecular weight excluding hydrogens is 225 g/mol. The second kappa shape index (κ2) is 4.14. The summed E-state index contributed by atoms with van der Waals surface area (Å²) in [4.78, 5) is 0. The predicted octanol–water partition coefficient (Wildman–Crippen LogP) is 4.04. The minimum Gasteiger partial charge on any atom is -0.398 e. The molecule has 0 saturated carbocycles. The first-order chi connectivity index (χ1) is 7.58. The van der Waals surface area contributed by atoms with Crippen molar-refractivity contribution in [2.45, 2.75) is 6.92 Å². The zero-order valence-electron chi connectivity index (χ0n) is 8.80. The molecule has 0 saturated heterocycles. The van der Waals surface area contributed by atoms with Gasteiger partial charge in [-0.25, -0.2) is 4.39 Å². The zero-order chi connectivity index (χ0) is 11.7. The fraction of sp³-hybridized carbons (Fsp3) is 0.0769. The molecule has 0 bridgehead atoms. The van der Waals surface area contributed by atoms with Crippen molar-refractivity contribution in [3.8, 4) is 11.1 Å². The van der Waals surface area contributed by atoms with E-state index in [2.05, 4.69) is 0 Å². The molecule has 0 aliphatic carbocycles. The zero-order valence-corrected chi connectivity index (χ0v) is 9.55. The van der Waals surface area contributed by atoms with Crippen LogP contribution in [0.15, 0.2) is 36.4 Å². The topological polar surface area (TPSA) is 26.0 Å². The van der Waals surface area contributed by atoms with Gasteiger partial charge in [0.15, 0.2) is 0 Å². The molecule has 2 aromatic rings. The molecule has 0 atom stereocenters. The maximum atomic E-state index is 12.9. The van der Waals surface area contributed by atoms with Crippen LogP contribution in [0.3, 0.4) is 0 Å². The minimum absolute atomic E-state index is 0.334. The number of rotatable bonds is 1. The van der Waals surface area contributed by atoms with Gasteiger partial charge < -0.3 is 5.73 Å². The summed E-state index contributed by atoms with van der Waals surface area (Å²) in [5.74, 6) is -0.334. The summed E-state index contributed by atoms with van der Waals surface area (Å²) in [5, 5.41) is 0.682. The van der Waals surface area contributed by atoms with Crippen LogP contribution < -0.4 is 5.73 Å². The molecule has 0 radical (unpaired) electrons. The van der Waals surface area contributed by atoms with E-state index in [4.69, 9.17) is 17.3 Å². The van der Waals surface area contributed by atoms with Crippen LogP contribution >= 0.6 is 11.6 Å². The summed E-state index contributed by atoms with van der Waals surface area (Å²) < 4.78 is 12.9. The first-order valence-electron chi connectivity index (χ1n) is 4.89. The standard InChI is InChI=1S/C13H11ClFN/c1-8-2-3-9(6-12(8)14)11-5-4-10(15)7-13(11)16/h2-7H,16H2,1H3. The van der Waals surface area contributed by atoms with Crippen molar-refractivity contribution in [3.63, 3.8) is 0 Å². The fourth-order valence-corrected chi connectivity index (χ4v) is 1.74. The highest BCUT2D eigenvalue weighted by Crippen LogP contribution is 2.29. The van der Waals surface area contributed by atoms with E-state index >= 15 is 0 Å². The average molecular weight is 236 g/mol. The van der Waals surface area contributed by atoms with Crippen LogP contribution in [0.1, 0.15) is 5.56 Å². The lowest BCUT2D eigenvalue weighted by atomic mass is 10.0. The molecule has 16 heavy (non-hydrogen) atoms. The second-order valence-corrected chi connectivity index (χ2v) is 4.10. The third-order valence-electron chi connectivity index (χ3n) is 2.50. The van der Waals surface area contributed by atoms with Crippen LogP contribution in [0.2, 0.25) is 5.02 Å². The molecule has 0 fully saturated rings. The van der Waals surface area contributed by atoms with Crippen molar-refractivity contribution < 1.29 is 4.39 Å². The van der Waals surface area contributed by atoms with Crippen molar-refractivity contribution in [1.29, 1.82) is 0 Å². The predicted molar refractivity (Wildman–Crippen MR) is 66.0 cm³/mol. The molecule has 0 aliphatic rings. The van der Waals surface area contributed by atoms with Crippen LogP contribution in [-0.4, -0.2) is 0 Å². The Bertz CT molecular complexity index is 537. The number of hydrogen-bond donors (Lipinski definition) is 1. The van der Waals surface area contributed by atoms with E-state index in [-0.39, 0.29) is 5.82 Å². The Hall–Kier alpha value is -1.54. The average Bonchev–Trinajstić information content (AvgIpc) is 2.22. The van der Waals surface area contributed by atoms with Gasteiger partial charge in [-0.3, -0.25) is 0 Å². The summed E-state index contributed by atoms with van der Waals surface area (Å²) in [6, 6.07) is 10.0. The lowest BCUT2D eigenvalue weighted by molar-refractivity contribution is 0.628. The molecular formula is C13H11ClFN. The van der Waals surface area contributed by atoms with Gasteiger partial charge in [-0.1, -0.05) is 23.7 Å². The van der Waals surface area contributed by atoms with Gasteiger partial charge in [0.2, 0.25) is 0 Å². The number of nitrogens with two attached hydrogens (primary N) is 1. The van der Waals surface area contributed by atoms with Gasteiger partial charge in [0.1, 0.15) is 5.82 Å². The molecule has 82 valence electrons. The summed E-state index contributed by atoms with van der Waals surface area (Å²) in [6.45, 7) is 1.93. The summed E-state index contributed by atoms with van der Waals surface area (Å²) in [6.07, 6.45) is 0. The van der Waals surface area contributed by atoms with Crippen molar-refractivity contribution in [1.82, 2.24) is 0 Å². The third-order valence-corrected chi connectivity index (χ3v) is 2.90. The Kier molecular flexibility index (Phi) is 2.84. The molecule has 2 rings (SSSR count). The van der Waals surface area contributed by atoms with Crippen molar-refractivity contribution in [3.05, 3.63) is 52.8 Å². The van der Waals surface area contributed by atoms with E-state index < -0.39 is 0 Å². The number of nitrogen functional groups attached to an aromatic ring is 1. The van der Waals surface area contributed by atoms with E-state index in [1.165, 1.54) is 12.1 Å². The van der Waals surface area contributed by atoms with Gasteiger partial charge in [0.25, 0.3) is 0 Å². The van der Waals surface area contributed by atoms with Gasteiger partial charge in [-0.2, -0.15) is 0 Å². The number of aryl methyl sites for hydroxylation is 1. The lowest BCUT2D eigenvalue weighted by Crippen LogP contribution is -1.91. The molecule has 0 aliphatic heterocycles. The van der Waals surface area contributed by atoms with Gasteiger partial charge in [-0.05, 0) is 42.3 Å². The number of halogens is 2. The Labute approximate surface area is 98.7 Å². The van der Waals surface area contributed by atoms with Crippen LogP contribution in [0.25, 0.3) is 11.1 Å². The molecule has 1 nitrogen and oxygen atoms in total. The van der Waals surface area contributed by atoms with Crippen molar-refractivity contribution in [2.24, 2.45) is 0 Å². The van der Waals surface area contributed by atoms with E-state index in [0.29, 0.717) is 10.7 Å². The third kappa shape index (κ3) is 2.02. The Balaban J connectivity index is 2.54. The number of hydrogen-bond acceptors (Lipinski definition) is 1. The molecule has 2 aromatic carbocycles. The van der Waals surface area contributed by atoms with E-state index in [1.807, 2.05) is 25.1 Å². The highest BCUT2D eigenvalue weighted by atomic mass is 35.5. The fourth-order valence-electron chi connectivity index (χ4n) is 1.56. The Morgan fingerprint density at radius 3 is 2.50 bits per heavy atom. The highest BCUT2D eigenvalue weighted by molar-refractivity contribution is 6.31. The molecule has 3 heteroatoms. The van der Waals surface area contributed by atoms with Crippen LogP contribution in [0.4, 0.5) is 10.1 Å². The van der Waals surface area contributed by atoms with E-state index in [1.54, 1.807) is 6.07 Å². The maximum absolute atomic E-state index is 12.9. The Morgan fingerprint density at radius 2 is 1.88 bits per heavy atom. The van der Waals surface area contributed by atoms with Gasteiger partial charge >= 0.3 is 0 Å². The molecule has 0 spiro atoms.